The fraction of sp³-hybridized carbons (Fsp3) is 0.462. The molecule has 2 atom stereocenters. The van der Waals surface area contributed by atoms with Crippen molar-refractivity contribution >= 4 is 5.78 Å². The van der Waals surface area contributed by atoms with Gasteiger partial charge in [-0.15, -0.1) is 0 Å². The molecule has 1 aromatic rings. The van der Waals surface area contributed by atoms with Crippen LogP contribution in [-0.4, -0.2) is 30.2 Å². The minimum Gasteiger partial charge on any atom is -0.385 e. The summed E-state index contributed by atoms with van der Waals surface area (Å²) in [5.41, 5.74) is 0.543. The average Bonchev–Trinajstić information content (AvgIpc) is 2.35. The maximum Gasteiger partial charge on any atom is 0.191 e. The van der Waals surface area contributed by atoms with Gasteiger partial charge in [-0.1, -0.05) is 37.3 Å². The van der Waals surface area contributed by atoms with Crippen molar-refractivity contribution in [3.8, 4) is 0 Å². The van der Waals surface area contributed by atoms with Gasteiger partial charge in [-0.25, -0.2) is 0 Å². The summed E-state index contributed by atoms with van der Waals surface area (Å²) in [5.74, 6) is -0.240. The molecule has 0 aliphatic carbocycles. The summed E-state index contributed by atoms with van der Waals surface area (Å²) in [5, 5.41) is 9.77. The van der Waals surface area contributed by atoms with Gasteiger partial charge in [0.2, 0.25) is 0 Å². The smallest absolute Gasteiger partial charge is 0.191 e. The molecule has 2 unspecified atom stereocenters. The lowest BCUT2D eigenvalue weighted by Gasteiger charge is -2.16. The summed E-state index contributed by atoms with van der Waals surface area (Å²) in [6, 6.07) is 8.83. The van der Waals surface area contributed by atoms with Crippen molar-refractivity contribution in [3.05, 3.63) is 35.9 Å². The number of rotatable bonds is 6. The Labute approximate surface area is 96.1 Å². The van der Waals surface area contributed by atoms with Crippen molar-refractivity contribution in [1.29, 1.82) is 0 Å². The van der Waals surface area contributed by atoms with Gasteiger partial charge in [0, 0.05) is 19.1 Å². The first-order valence-electron chi connectivity index (χ1n) is 5.49. The molecule has 0 aromatic heterocycles. The number of carbonyl (C=O) groups is 1. The van der Waals surface area contributed by atoms with Crippen LogP contribution in [0.5, 0.6) is 0 Å². The van der Waals surface area contributed by atoms with Crippen LogP contribution in [0.3, 0.4) is 0 Å². The molecular formula is C13H18O3. The zero-order valence-electron chi connectivity index (χ0n) is 9.72. The third kappa shape index (κ3) is 3.43. The van der Waals surface area contributed by atoms with E-state index in [1.165, 1.54) is 0 Å². The van der Waals surface area contributed by atoms with Crippen molar-refractivity contribution in [2.24, 2.45) is 0 Å². The third-order valence-electron chi connectivity index (χ3n) is 2.64. The molecule has 1 N–H and O–H groups in total. The molecule has 0 fully saturated rings. The van der Waals surface area contributed by atoms with E-state index in [4.69, 9.17) is 4.74 Å². The average molecular weight is 222 g/mol. The summed E-state index contributed by atoms with van der Waals surface area (Å²) in [4.78, 5) is 11.8. The maximum absolute atomic E-state index is 11.8. The summed E-state index contributed by atoms with van der Waals surface area (Å²) >= 11 is 0. The lowest BCUT2D eigenvalue weighted by molar-refractivity contribution is 0.0377. The zero-order valence-corrected chi connectivity index (χ0v) is 9.72. The maximum atomic E-state index is 11.8. The van der Waals surface area contributed by atoms with E-state index in [0.29, 0.717) is 12.0 Å². The molecule has 1 aromatic carbocycles. The number of ketones is 1. The predicted octanol–water partition coefficient (Wildman–Crippen LogP) is 2.05. The molecule has 3 heteroatoms. The lowest BCUT2D eigenvalue weighted by atomic mass is 10.0. The van der Waals surface area contributed by atoms with Gasteiger partial charge in [0.25, 0.3) is 0 Å². The molecule has 3 nitrogen and oxygen atoms in total. The SMILES string of the molecule is CCC(CC(O)C(=O)c1ccccc1)OC. The van der Waals surface area contributed by atoms with Gasteiger partial charge in [-0.3, -0.25) is 4.79 Å². The molecule has 88 valence electrons. The minimum absolute atomic E-state index is 0.0670. The summed E-state index contributed by atoms with van der Waals surface area (Å²) < 4.78 is 5.14. The van der Waals surface area contributed by atoms with Crippen molar-refractivity contribution in [1.82, 2.24) is 0 Å². The molecule has 0 amide bonds. The highest BCUT2D eigenvalue weighted by atomic mass is 16.5. The highest BCUT2D eigenvalue weighted by Crippen LogP contribution is 2.11. The molecule has 0 spiro atoms. The molecule has 0 aliphatic rings. The van der Waals surface area contributed by atoms with Gasteiger partial charge >= 0.3 is 0 Å². The van der Waals surface area contributed by atoms with E-state index >= 15 is 0 Å². The lowest BCUT2D eigenvalue weighted by Crippen LogP contribution is -2.26. The quantitative estimate of drug-likeness (QED) is 0.749. The van der Waals surface area contributed by atoms with Crippen LogP contribution in [0.1, 0.15) is 30.1 Å². The fourth-order valence-corrected chi connectivity index (χ4v) is 1.58. The number of benzene rings is 1. The number of aliphatic hydroxyl groups is 1. The second-order valence-corrected chi connectivity index (χ2v) is 3.75. The van der Waals surface area contributed by atoms with Crippen LogP contribution < -0.4 is 0 Å². The van der Waals surface area contributed by atoms with Gasteiger partial charge in [0.1, 0.15) is 6.10 Å². The number of aliphatic hydroxyl groups excluding tert-OH is 1. The first-order valence-corrected chi connectivity index (χ1v) is 5.49. The number of carbonyl (C=O) groups excluding carboxylic acids is 1. The molecule has 16 heavy (non-hydrogen) atoms. The van der Waals surface area contributed by atoms with Crippen LogP contribution in [0.15, 0.2) is 30.3 Å². The Bertz CT molecular complexity index is 317. The van der Waals surface area contributed by atoms with Crippen molar-refractivity contribution in [2.45, 2.75) is 32.0 Å². The van der Waals surface area contributed by atoms with Crippen LogP contribution in [0.2, 0.25) is 0 Å². The Morgan fingerprint density at radius 1 is 1.38 bits per heavy atom. The van der Waals surface area contributed by atoms with E-state index in [0.717, 1.165) is 6.42 Å². The number of methoxy groups -OCH3 is 1. The predicted molar refractivity (Wildman–Crippen MR) is 62.5 cm³/mol. The molecule has 0 saturated carbocycles. The van der Waals surface area contributed by atoms with Crippen LogP contribution in [0, 0.1) is 0 Å². The summed E-state index contributed by atoms with van der Waals surface area (Å²) in [7, 11) is 1.59. The minimum atomic E-state index is -0.979. The second kappa shape index (κ2) is 6.40. The van der Waals surface area contributed by atoms with Crippen LogP contribution in [0.25, 0.3) is 0 Å². The third-order valence-corrected chi connectivity index (χ3v) is 2.64. The van der Waals surface area contributed by atoms with Gasteiger partial charge in [0.15, 0.2) is 5.78 Å². The first kappa shape index (κ1) is 12.9. The van der Waals surface area contributed by atoms with Crippen molar-refractivity contribution in [2.75, 3.05) is 7.11 Å². The Hall–Kier alpha value is -1.19. The van der Waals surface area contributed by atoms with Crippen molar-refractivity contribution < 1.29 is 14.6 Å². The summed E-state index contributed by atoms with van der Waals surface area (Å²) in [6.07, 6.45) is 0.0889. The normalized spacial score (nSPS) is 14.4. The Morgan fingerprint density at radius 2 is 2.00 bits per heavy atom. The van der Waals surface area contributed by atoms with Gasteiger partial charge in [-0.2, -0.15) is 0 Å². The highest BCUT2D eigenvalue weighted by molar-refractivity contribution is 5.99. The summed E-state index contributed by atoms with van der Waals surface area (Å²) in [6.45, 7) is 1.97. The molecule has 0 saturated heterocycles. The van der Waals surface area contributed by atoms with E-state index in [-0.39, 0.29) is 11.9 Å². The molecule has 0 aliphatic heterocycles. The number of hydrogen-bond acceptors (Lipinski definition) is 3. The molecule has 0 heterocycles. The van der Waals surface area contributed by atoms with E-state index in [1.807, 2.05) is 13.0 Å². The molecular weight excluding hydrogens is 204 g/mol. The first-order chi connectivity index (χ1) is 7.69. The Kier molecular flexibility index (Phi) is 5.15. The number of ether oxygens (including phenoxy) is 1. The number of Topliss-reactive ketones (excluding diaryl/α,β-unsaturated/α-hetero) is 1. The van der Waals surface area contributed by atoms with Gasteiger partial charge in [0.05, 0.1) is 6.10 Å². The largest absolute Gasteiger partial charge is 0.385 e. The van der Waals surface area contributed by atoms with Crippen LogP contribution in [-0.2, 0) is 4.74 Å². The van der Waals surface area contributed by atoms with Crippen LogP contribution >= 0.6 is 0 Å². The number of hydrogen-bond donors (Lipinski definition) is 1. The molecule has 0 bridgehead atoms. The molecule has 0 radical (unpaired) electrons. The van der Waals surface area contributed by atoms with Gasteiger partial charge < -0.3 is 9.84 Å². The van der Waals surface area contributed by atoms with E-state index < -0.39 is 6.10 Å². The Morgan fingerprint density at radius 3 is 2.50 bits per heavy atom. The Balaban J connectivity index is 2.61. The standard InChI is InChI=1S/C13H18O3/c1-3-11(16-2)9-12(14)13(15)10-7-5-4-6-8-10/h4-8,11-12,14H,3,9H2,1-2H3. The monoisotopic (exact) mass is 222 g/mol. The van der Waals surface area contributed by atoms with Crippen molar-refractivity contribution in [3.63, 3.8) is 0 Å². The van der Waals surface area contributed by atoms with Gasteiger partial charge in [-0.05, 0) is 6.42 Å². The topological polar surface area (TPSA) is 46.5 Å². The molecule has 1 rings (SSSR count). The van der Waals surface area contributed by atoms with E-state index in [2.05, 4.69) is 0 Å². The van der Waals surface area contributed by atoms with Crippen LogP contribution in [0.4, 0.5) is 0 Å². The van der Waals surface area contributed by atoms with E-state index in [9.17, 15) is 9.90 Å². The zero-order chi connectivity index (χ0) is 12.0. The fourth-order valence-electron chi connectivity index (χ4n) is 1.58. The highest BCUT2D eigenvalue weighted by Gasteiger charge is 2.20. The second-order valence-electron chi connectivity index (χ2n) is 3.75. The van der Waals surface area contributed by atoms with E-state index in [1.54, 1.807) is 31.4 Å².